The first-order valence-corrected chi connectivity index (χ1v) is 8.15. The summed E-state index contributed by atoms with van der Waals surface area (Å²) in [4.78, 5) is 2.51. The second-order valence-corrected chi connectivity index (χ2v) is 6.59. The molecule has 3 unspecified atom stereocenters. The van der Waals surface area contributed by atoms with Crippen LogP contribution >= 0.6 is 0 Å². The number of rotatable bonds is 9. The largest absolute Gasteiger partial charge is 0.394 e. The highest BCUT2D eigenvalue weighted by molar-refractivity contribution is 4.83. The van der Waals surface area contributed by atoms with Crippen LogP contribution in [-0.4, -0.2) is 61.5 Å². The molecule has 1 rings (SSSR count). The van der Waals surface area contributed by atoms with Crippen molar-refractivity contribution in [2.24, 2.45) is 5.92 Å². The topological polar surface area (TPSA) is 44.7 Å². The molecule has 120 valence electrons. The standard InChI is InChI=1S/C16H34N2O2/c1-5-9-17-16(3,13-19)8-6-10-18-11-7-14(2)15(12-18)20-4/h14-15,17,19H,5-13H2,1-4H3. The van der Waals surface area contributed by atoms with Gasteiger partial charge in [0.1, 0.15) is 0 Å². The Morgan fingerprint density at radius 1 is 1.45 bits per heavy atom. The van der Waals surface area contributed by atoms with Gasteiger partial charge in [-0.25, -0.2) is 0 Å². The van der Waals surface area contributed by atoms with E-state index in [1.54, 1.807) is 0 Å². The van der Waals surface area contributed by atoms with Crippen molar-refractivity contribution in [2.75, 3.05) is 39.9 Å². The number of nitrogens with one attached hydrogen (secondary N) is 1. The van der Waals surface area contributed by atoms with Crippen LogP contribution in [0.5, 0.6) is 0 Å². The molecule has 4 heteroatoms. The summed E-state index contributed by atoms with van der Waals surface area (Å²) in [5.74, 6) is 0.671. The number of hydrogen-bond donors (Lipinski definition) is 2. The number of likely N-dealkylation sites (tertiary alicyclic amines) is 1. The first-order valence-electron chi connectivity index (χ1n) is 8.15. The van der Waals surface area contributed by atoms with E-state index >= 15 is 0 Å². The Morgan fingerprint density at radius 3 is 2.80 bits per heavy atom. The molecule has 3 atom stereocenters. The van der Waals surface area contributed by atoms with Crippen molar-refractivity contribution in [2.45, 2.75) is 58.1 Å². The SMILES string of the molecule is CCCNC(C)(CO)CCCN1CCC(C)C(OC)C1. The van der Waals surface area contributed by atoms with Crippen LogP contribution in [-0.2, 0) is 4.74 Å². The third-order valence-corrected chi connectivity index (χ3v) is 4.63. The van der Waals surface area contributed by atoms with Crippen molar-refractivity contribution in [1.29, 1.82) is 0 Å². The van der Waals surface area contributed by atoms with E-state index in [0.717, 1.165) is 38.9 Å². The monoisotopic (exact) mass is 286 g/mol. The average molecular weight is 286 g/mol. The van der Waals surface area contributed by atoms with Crippen LogP contribution in [0.3, 0.4) is 0 Å². The first kappa shape index (κ1) is 17.9. The number of ether oxygens (including phenoxy) is 1. The van der Waals surface area contributed by atoms with Crippen LogP contribution < -0.4 is 5.32 Å². The number of piperidine rings is 1. The molecular weight excluding hydrogens is 252 g/mol. The van der Waals surface area contributed by atoms with E-state index in [2.05, 4.69) is 31.0 Å². The number of methoxy groups -OCH3 is 1. The van der Waals surface area contributed by atoms with Crippen LogP contribution in [0, 0.1) is 5.92 Å². The zero-order valence-corrected chi connectivity index (χ0v) is 13.8. The zero-order valence-electron chi connectivity index (χ0n) is 13.8. The smallest absolute Gasteiger partial charge is 0.0724 e. The Labute approximate surface area is 124 Å². The number of hydrogen-bond acceptors (Lipinski definition) is 4. The fourth-order valence-corrected chi connectivity index (χ4v) is 2.95. The lowest BCUT2D eigenvalue weighted by atomic mass is 9.94. The first-order chi connectivity index (χ1) is 9.54. The van der Waals surface area contributed by atoms with E-state index in [-0.39, 0.29) is 12.1 Å². The van der Waals surface area contributed by atoms with Gasteiger partial charge in [-0.1, -0.05) is 13.8 Å². The van der Waals surface area contributed by atoms with E-state index in [0.29, 0.717) is 12.0 Å². The maximum absolute atomic E-state index is 9.57. The van der Waals surface area contributed by atoms with Crippen molar-refractivity contribution in [1.82, 2.24) is 10.2 Å². The van der Waals surface area contributed by atoms with Gasteiger partial charge in [-0.2, -0.15) is 0 Å². The summed E-state index contributed by atoms with van der Waals surface area (Å²) in [5.41, 5.74) is -0.125. The number of aliphatic hydroxyl groups excluding tert-OH is 1. The van der Waals surface area contributed by atoms with Crippen molar-refractivity contribution >= 4 is 0 Å². The van der Waals surface area contributed by atoms with Gasteiger partial charge < -0.3 is 20.1 Å². The zero-order chi connectivity index (χ0) is 15.0. The maximum Gasteiger partial charge on any atom is 0.0724 e. The molecule has 0 aromatic heterocycles. The van der Waals surface area contributed by atoms with Gasteiger partial charge in [0.25, 0.3) is 0 Å². The predicted octanol–water partition coefficient (Wildman–Crippen LogP) is 1.87. The second kappa shape index (κ2) is 8.98. The number of aliphatic hydroxyl groups is 1. The van der Waals surface area contributed by atoms with Crippen LogP contribution in [0.15, 0.2) is 0 Å². The molecule has 0 amide bonds. The summed E-state index contributed by atoms with van der Waals surface area (Å²) in [5, 5.41) is 13.0. The second-order valence-electron chi connectivity index (χ2n) is 6.59. The van der Waals surface area contributed by atoms with Gasteiger partial charge in [0.2, 0.25) is 0 Å². The van der Waals surface area contributed by atoms with Gasteiger partial charge in [0.15, 0.2) is 0 Å². The van der Waals surface area contributed by atoms with Crippen LogP contribution in [0.25, 0.3) is 0 Å². The Kier molecular flexibility index (Phi) is 8.03. The summed E-state index contributed by atoms with van der Waals surface area (Å²) in [6, 6.07) is 0. The van der Waals surface area contributed by atoms with Gasteiger partial charge in [0.05, 0.1) is 12.7 Å². The van der Waals surface area contributed by atoms with Crippen molar-refractivity contribution in [3.8, 4) is 0 Å². The highest BCUT2D eigenvalue weighted by atomic mass is 16.5. The third-order valence-electron chi connectivity index (χ3n) is 4.63. The highest BCUT2D eigenvalue weighted by Gasteiger charge is 2.27. The highest BCUT2D eigenvalue weighted by Crippen LogP contribution is 2.20. The Hall–Kier alpha value is -0.160. The molecule has 0 bridgehead atoms. The van der Waals surface area contributed by atoms with Gasteiger partial charge in [-0.05, 0) is 58.2 Å². The quantitative estimate of drug-likeness (QED) is 0.679. The molecule has 1 heterocycles. The molecule has 2 N–H and O–H groups in total. The van der Waals surface area contributed by atoms with Crippen LogP contribution in [0.4, 0.5) is 0 Å². The summed E-state index contributed by atoms with van der Waals surface area (Å²) in [6.07, 6.45) is 4.86. The van der Waals surface area contributed by atoms with Crippen molar-refractivity contribution in [3.63, 3.8) is 0 Å². The predicted molar refractivity (Wildman–Crippen MR) is 84.0 cm³/mol. The molecule has 0 aromatic carbocycles. The Bertz CT molecular complexity index is 263. The number of nitrogens with zero attached hydrogens (tertiary/aromatic N) is 1. The minimum atomic E-state index is -0.125. The van der Waals surface area contributed by atoms with E-state index in [1.807, 2.05) is 7.11 Å². The average Bonchev–Trinajstić information content (AvgIpc) is 2.47. The summed E-state index contributed by atoms with van der Waals surface area (Å²) in [7, 11) is 1.82. The molecule has 1 fully saturated rings. The fourth-order valence-electron chi connectivity index (χ4n) is 2.95. The van der Waals surface area contributed by atoms with E-state index in [9.17, 15) is 5.11 Å². The molecule has 0 saturated carbocycles. The van der Waals surface area contributed by atoms with Gasteiger partial charge >= 0.3 is 0 Å². The lowest BCUT2D eigenvalue weighted by Crippen LogP contribution is -2.47. The molecule has 0 radical (unpaired) electrons. The maximum atomic E-state index is 9.57. The molecule has 20 heavy (non-hydrogen) atoms. The van der Waals surface area contributed by atoms with Gasteiger partial charge in [0, 0.05) is 19.2 Å². The van der Waals surface area contributed by atoms with Crippen LogP contribution in [0.2, 0.25) is 0 Å². The molecule has 1 aliphatic heterocycles. The minimum Gasteiger partial charge on any atom is -0.394 e. The summed E-state index contributed by atoms with van der Waals surface area (Å²) < 4.78 is 5.56. The Morgan fingerprint density at radius 2 is 2.20 bits per heavy atom. The fraction of sp³-hybridized carbons (Fsp3) is 1.00. The molecule has 1 aliphatic rings. The van der Waals surface area contributed by atoms with Gasteiger partial charge in [-0.15, -0.1) is 0 Å². The lowest BCUT2D eigenvalue weighted by Gasteiger charge is -2.37. The van der Waals surface area contributed by atoms with Crippen LogP contribution in [0.1, 0.15) is 46.5 Å². The minimum absolute atomic E-state index is 0.125. The van der Waals surface area contributed by atoms with E-state index in [1.165, 1.54) is 13.0 Å². The van der Waals surface area contributed by atoms with Gasteiger partial charge in [-0.3, -0.25) is 0 Å². The van der Waals surface area contributed by atoms with Crippen molar-refractivity contribution < 1.29 is 9.84 Å². The molecule has 0 aromatic rings. The lowest BCUT2D eigenvalue weighted by molar-refractivity contribution is -0.00598. The summed E-state index contributed by atoms with van der Waals surface area (Å²) >= 11 is 0. The normalized spacial score (nSPS) is 27.4. The molecule has 1 saturated heterocycles. The van der Waals surface area contributed by atoms with E-state index in [4.69, 9.17) is 4.74 Å². The van der Waals surface area contributed by atoms with Crippen molar-refractivity contribution in [3.05, 3.63) is 0 Å². The molecule has 4 nitrogen and oxygen atoms in total. The molecular formula is C16H34N2O2. The third kappa shape index (κ3) is 5.68. The molecule has 0 spiro atoms. The Balaban J connectivity index is 2.28. The summed E-state index contributed by atoms with van der Waals surface area (Å²) in [6.45, 7) is 11.1. The molecule has 0 aliphatic carbocycles. The van der Waals surface area contributed by atoms with E-state index < -0.39 is 0 Å².